The van der Waals surface area contributed by atoms with Crippen molar-refractivity contribution in [2.45, 2.75) is 65.6 Å². The molecule has 0 heterocycles. The molecule has 0 saturated heterocycles. The normalized spacial score (nSPS) is 28.4. The van der Waals surface area contributed by atoms with E-state index in [9.17, 15) is 13.7 Å². The second-order valence-electron chi connectivity index (χ2n) is 7.35. The number of nitriles is 1. The van der Waals surface area contributed by atoms with E-state index in [1.165, 1.54) is 0 Å². The van der Waals surface area contributed by atoms with Gasteiger partial charge in [0.15, 0.2) is 9.84 Å². The molecule has 0 spiro atoms. The third kappa shape index (κ3) is 3.97. The molecule has 0 amide bonds. The average Bonchev–Trinajstić information content (AvgIpc) is 2.36. The van der Waals surface area contributed by atoms with Crippen LogP contribution < -0.4 is 0 Å². The van der Waals surface area contributed by atoms with E-state index >= 15 is 0 Å². The van der Waals surface area contributed by atoms with Gasteiger partial charge in [-0.1, -0.05) is 41.0 Å². The first-order valence-electron chi connectivity index (χ1n) is 7.75. The van der Waals surface area contributed by atoms with Crippen LogP contribution in [0.25, 0.3) is 0 Å². The van der Waals surface area contributed by atoms with Gasteiger partial charge in [0.25, 0.3) is 0 Å². The maximum absolute atomic E-state index is 12.6. The van der Waals surface area contributed by atoms with Crippen molar-refractivity contribution in [3.8, 4) is 6.07 Å². The lowest BCUT2D eigenvalue weighted by atomic mass is 9.67. The van der Waals surface area contributed by atoms with Gasteiger partial charge in [-0.25, -0.2) is 8.42 Å². The second kappa shape index (κ2) is 6.47. The average molecular weight is 299 g/mol. The van der Waals surface area contributed by atoms with Crippen LogP contribution in [0.5, 0.6) is 0 Å². The first-order chi connectivity index (χ1) is 9.14. The minimum absolute atomic E-state index is 0.124. The summed E-state index contributed by atoms with van der Waals surface area (Å²) in [4.78, 5) is 0. The quantitative estimate of drug-likeness (QED) is 0.775. The summed E-state index contributed by atoms with van der Waals surface area (Å²) in [6.07, 6.45) is 3.42. The summed E-state index contributed by atoms with van der Waals surface area (Å²) in [5.74, 6) is 0.417. The molecule has 3 unspecified atom stereocenters. The molecular weight excluding hydrogens is 270 g/mol. The second-order valence-corrected chi connectivity index (χ2v) is 9.61. The molecule has 3 nitrogen and oxygen atoms in total. The van der Waals surface area contributed by atoms with Crippen LogP contribution in [0, 0.1) is 34.5 Å². The van der Waals surface area contributed by atoms with Gasteiger partial charge in [-0.3, -0.25) is 0 Å². The van der Waals surface area contributed by atoms with Crippen LogP contribution >= 0.6 is 0 Å². The van der Waals surface area contributed by atoms with Crippen LogP contribution in [-0.2, 0) is 9.84 Å². The summed E-state index contributed by atoms with van der Waals surface area (Å²) in [5, 5.41) is 8.83. The van der Waals surface area contributed by atoms with Crippen molar-refractivity contribution in [2.24, 2.45) is 23.2 Å². The fraction of sp³-hybridized carbons (Fsp3) is 0.938. The van der Waals surface area contributed by atoms with Gasteiger partial charge in [-0.15, -0.1) is 0 Å². The summed E-state index contributed by atoms with van der Waals surface area (Å²) >= 11 is 0. The molecule has 0 aliphatic heterocycles. The number of hydrogen-bond acceptors (Lipinski definition) is 3. The van der Waals surface area contributed by atoms with Gasteiger partial charge >= 0.3 is 0 Å². The van der Waals surface area contributed by atoms with Crippen LogP contribution in [0.15, 0.2) is 0 Å². The van der Waals surface area contributed by atoms with Gasteiger partial charge in [0, 0.05) is 0 Å². The predicted octanol–water partition coefficient (Wildman–Crippen LogP) is 3.80. The van der Waals surface area contributed by atoms with E-state index in [0.29, 0.717) is 12.3 Å². The molecule has 3 atom stereocenters. The molecule has 1 aliphatic carbocycles. The molecule has 0 aromatic heterocycles. The molecule has 20 heavy (non-hydrogen) atoms. The highest BCUT2D eigenvalue weighted by Crippen LogP contribution is 2.44. The van der Waals surface area contributed by atoms with Crippen LogP contribution in [0.1, 0.15) is 60.3 Å². The zero-order chi connectivity index (χ0) is 15.6. The Morgan fingerprint density at radius 2 is 1.90 bits per heavy atom. The largest absolute Gasteiger partial charge is 0.228 e. The van der Waals surface area contributed by atoms with Gasteiger partial charge < -0.3 is 0 Å². The first kappa shape index (κ1) is 17.5. The van der Waals surface area contributed by atoms with E-state index in [2.05, 4.69) is 26.8 Å². The molecule has 0 bridgehead atoms. The van der Waals surface area contributed by atoms with Crippen molar-refractivity contribution in [1.29, 1.82) is 5.26 Å². The SMILES string of the molecule is CCC(C)(C)C1CCC(C#N)C(S(=O)(=O)CC(C)C)C1. The molecule has 1 aliphatic rings. The van der Waals surface area contributed by atoms with E-state index in [-0.39, 0.29) is 23.0 Å². The van der Waals surface area contributed by atoms with Gasteiger partial charge in [-0.2, -0.15) is 5.26 Å². The number of rotatable bonds is 5. The maximum Gasteiger partial charge on any atom is 0.154 e. The van der Waals surface area contributed by atoms with Gasteiger partial charge in [0.1, 0.15) is 0 Å². The van der Waals surface area contributed by atoms with Crippen molar-refractivity contribution in [3.63, 3.8) is 0 Å². The Kier molecular flexibility index (Phi) is 5.66. The smallest absolute Gasteiger partial charge is 0.154 e. The Hall–Kier alpha value is -0.560. The number of hydrogen-bond donors (Lipinski definition) is 0. The molecule has 1 fully saturated rings. The number of nitrogens with zero attached hydrogens (tertiary/aromatic N) is 1. The lowest BCUT2D eigenvalue weighted by molar-refractivity contribution is 0.141. The number of sulfone groups is 1. The fourth-order valence-corrected chi connectivity index (χ4v) is 5.66. The summed E-state index contributed by atoms with van der Waals surface area (Å²) < 4.78 is 25.2. The van der Waals surface area contributed by atoms with E-state index in [1.807, 2.05) is 13.8 Å². The zero-order valence-corrected chi connectivity index (χ0v) is 14.3. The van der Waals surface area contributed by atoms with E-state index < -0.39 is 15.1 Å². The minimum atomic E-state index is -3.17. The van der Waals surface area contributed by atoms with Gasteiger partial charge in [0.2, 0.25) is 0 Å². The van der Waals surface area contributed by atoms with Crippen molar-refractivity contribution >= 4 is 9.84 Å². The Morgan fingerprint density at radius 3 is 2.35 bits per heavy atom. The van der Waals surface area contributed by atoms with E-state index in [1.54, 1.807) is 0 Å². The summed E-state index contributed by atoms with van der Waals surface area (Å²) in [7, 11) is -3.17. The maximum atomic E-state index is 12.6. The zero-order valence-electron chi connectivity index (χ0n) is 13.5. The molecular formula is C16H29NO2S. The van der Waals surface area contributed by atoms with Crippen molar-refractivity contribution in [3.05, 3.63) is 0 Å². The lowest BCUT2D eigenvalue weighted by Gasteiger charge is -2.41. The third-order valence-corrected chi connectivity index (χ3v) is 7.58. The standard InChI is InChI=1S/C16H29NO2S/c1-6-16(4,5)14-8-7-13(10-17)15(9-14)20(18,19)11-12(2)3/h12-15H,6-9,11H2,1-5H3. The lowest BCUT2D eigenvalue weighted by Crippen LogP contribution is -2.41. The summed E-state index contributed by atoms with van der Waals surface area (Å²) in [6, 6.07) is 2.24. The topological polar surface area (TPSA) is 57.9 Å². The monoisotopic (exact) mass is 299 g/mol. The predicted molar refractivity (Wildman–Crippen MR) is 82.9 cm³/mol. The van der Waals surface area contributed by atoms with E-state index in [0.717, 1.165) is 19.3 Å². The molecule has 4 heteroatoms. The Labute approximate surface area is 124 Å². The molecule has 1 saturated carbocycles. The van der Waals surface area contributed by atoms with E-state index in [4.69, 9.17) is 0 Å². The minimum Gasteiger partial charge on any atom is -0.228 e. The Bertz CT molecular complexity index is 459. The van der Waals surface area contributed by atoms with Gasteiger partial charge in [0.05, 0.1) is 23.0 Å². The molecule has 116 valence electrons. The summed E-state index contributed by atoms with van der Waals surface area (Å²) in [6.45, 7) is 10.4. The van der Waals surface area contributed by atoms with Crippen LogP contribution in [-0.4, -0.2) is 19.4 Å². The van der Waals surface area contributed by atoms with Gasteiger partial charge in [-0.05, 0) is 36.5 Å². The molecule has 1 rings (SSSR count). The van der Waals surface area contributed by atoms with Crippen molar-refractivity contribution in [2.75, 3.05) is 5.75 Å². The highest BCUT2D eigenvalue weighted by molar-refractivity contribution is 7.92. The third-order valence-electron chi connectivity index (χ3n) is 5.00. The Balaban J connectivity index is 2.98. The molecule has 0 N–H and O–H groups in total. The van der Waals surface area contributed by atoms with Crippen molar-refractivity contribution in [1.82, 2.24) is 0 Å². The van der Waals surface area contributed by atoms with Crippen LogP contribution in [0.3, 0.4) is 0 Å². The molecule has 0 radical (unpaired) electrons. The highest BCUT2D eigenvalue weighted by Gasteiger charge is 2.43. The molecule has 0 aromatic carbocycles. The van der Waals surface area contributed by atoms with Crippen LogP contribution in [0.4, 0.5) is 0 Å². The fourth-order valence-electron chi connectivity index (χ4n) is 3.26. The Morgan fingerprint density at radius 1 is 1.30 bits per heavy atom. The summed E-state index contributed by atoms with van der Waals surface area (Å²) in [5.41, 5.74) is 0.159. The molecule has 0 aromatic rings. The highest BCUT2D eigenvalue weighted by atomic mass is 32.2. The first-order valence-corrected chi connectivity index (χ1v) is 9.46. The van der Waals surface area contributed by atoms with Crippen LogP contribution in [0.2, 0.25) is 0 Å². The van der Waals surface area contributed by atoms with Crippen molar-refractivity contribution < 1.29 is 8.42 Å².